The van der Waals surface area contributed by atoms with Gasteiger partial charge >= 0.3 is 0 Å². The maximum Gasteiger partial charge on any atom is 0.0594 e. The maximum atomic E-state index is 5.80. The molecule has 1 saturated heterocycles. The first-order valence-corrected chi connectivity index (χ1v) is 9.95. The Morgan fingerprint density at radius 2 is 1.65 bits per heavy atom. The molecule has 23 heavy (non-hydrogen) atoms. The van der Waals surface area contributed by atoms with E-state index in [1.54, 1.807) is 0 Å². The molecule has 0 radical (unpaired) electrons. The summed E-state index contributed by atoms with van der Waals surface area (Å²) in [6.07, 6.45) is 8.94. The van der Waals surface area contributed by atoms with Crippen molar-refractivity contribution < 1.29 is 9.47 Å². The average molecular weight is 329 g/mol. The molecule has 0 bridgehead atoms. The molecule has 1 rings (SSSR count). The molecule has 0 spiro atoms. The third-order valence-electron chi connectivity index (χ3n) is 4.64. The lowest BCUT2D eigenvalue weighted by atomic mass is 9.95. The fourth-order valence-electron chi connectivity index (χ4n) is 3.28. The number of morpholine rings is 1. The Balaban J connectivity index is 1.80. The van der Waals surface area contributed by atoms with Crippen molar-refractivity contribution in [3.63, 3.8) is 0 Å². The summed E-state index contributed by atoms with van der Waals surface area (Å²) >= 11 is 0. The predicted molar refractivity (Wildman–Crippen MR) is 98.1 cm³/mol. The highest BCUT2D eigenvalue weighted by Gasteiger charge is 2.09. The second-order valence-electron chi connectivity index (χ2n) is 6.76. The highest BCUT2D eigenvalue weighted by Crippen LogP contribution is 2.17. The number of hydrogen-bond donors (Lipinski definition) is 1. The first kappa shape index (κ1) is 20.9. The van der Waals surface area contributed by atoms with E-state index in [1.807, 2.05) is 0 Å². The Morgan fingerprint density at radius 3 is 2.35 bits per heavy atom. The average Bonchev–Trinajstić information content (AvgIpc) is 2.58. The van der Waals surface area contributed by atoms with E-state index in [0.29, 0.717) is 0 Å². The molecular weight excluding hydrogens is 288 g/mol. The molecule has 0 amide bonds. The van der Waals surface area contributed by atoms with Crippen LogP contribution in [0.2, 0.25) is 0 Å². The lowest BCUT2D eigenvalue weighted by Crippen LogP contribution is -2.37. The molecule has 0 aromatic heterocycles. The largest absolute Gasteiger partial charge is 0.381 e. The summed E-state index contributed by atoms with van der Waals surface area (Å²) in [5, 5.41) is 3.53. The van der Waals surface area contributed by atoms with Crippen molar-refractivity contribution in [2.75, 3.05) is 59.2 Å². The first-order chi connectivity index (χ1) is 11.4. The number of nitrogens with one attached hydrogen (secondary N) is 1. The fourth-order valence-corrected chi connectivity index (χ4v) is 3.28. The van der Waals surface area contributed by atoms with Gasteiger partial charge in [-0.3, -0.25) is 4.90 Å². The zero-order valence-corrected chi connectivity index (χ0v) is 15.7. The van der Waals surface area contributed by atoms with Crippen molar-refractivity contribution in [2.24, 2.45) is 5.92 Å². The molecule has 1 heterocycles. The van der Waals surface area contributed by atoms with Crippen molar-refractivity contribution >= 4 is 0 Å². The zero-order valence-electron chi connectivity index (χ0n) is 15.7. The minimum atomic E-state index is 0.878. The standard InChI is InChI=1S/C19H40N2O2/c1-3-7-19(8-4-2)9-16-22-15-6-11-20-10-5-12-21-13-17-23-18-14-21/h19-20H,3-18H2,1-2H3. The van der Waals surface area contributed by atoms with Crippen molar-refractivity contribution in [3.05, 3.63) is 0 Å². The smallest absolute Gasteiger partial charge is 0.0594 e. The lowest BCUT2D eigenvalue weighted by Gasteiger charge is -2.26. The van der Waals surface area contributed by atoms with E-state index in [9.17, 15) is 0 Å². The molecular formula is C19H40N2O2. The van der Waals surface area contributed by atoms with Crippen LogP contribution in [0.4, 0.5) is 0 Å². The number of rotatable bonds is 15. The SMILES string of the molecule is CCCC(CCC)CCOCCCNCCCN1CCOCC1. The van der Waals surface area contributed by atoms with E-state index >= 15 is 0 Å². The molecule has 1 N–H and O–H groups in total. The van der Waals surface area contributed by atoms with Gasteiger partial charge in [-0.05, 0) is 44.8 Å². The minimum absolute atomic E-state index is 0.878. The van der Waals surface area contributed by atoms with E-state index in [0.717, 1.165) is 64.9 Å². The second kappa shape index (κ2) is 15.4. The summed E-state index contributed by atoms with van der Waals surface area (Å²) in [5.41, 5.74) is 0. The molecule has 0 saturated carbocycles. The topological polar surface area (TPSA) is 33.7 Å². The van der Waals surface area contributed by atoms with Gasteiger partial charge in [-0.15, -0.1) is 0 Å². The van der Waals surface area contributed by atoms with Crippen LogP contribution < -0.4 is 5.32 Å². The molecule has 0 atom stereocenters. The van der Waals surface area contributed by atoms with Gasteiger partial charge in [0.1, 0.15) is 0 Å². The molecule has 0 unspecified atom stereocenters. The van der Waals surface area contributed by atoms with Crippen LogP contribution in [0.3, 0.4) is 0 Å². The van der Waals surface area contributed by atoms with Gasteiger partial charge < -0.3 is 14.8 Å². The molecule has 1 fully saturated rings. The van der Waals surface area contributed by atoms with Gasteiger partial charge in [0.2, 0.25) is 0 Å². The van der Waals surface area contributed by atoms with Crippen LogP contribution in [0.15, 0.2) is 0 Å². The van der Waals surface area contributed by atoms with Gasteiger partial charge in [-0.2, -0.15) is 0 Å². The van der Waals surface area contributed by atoms with Crippen molar-refractivity contribution in [1.82, 2.24) is 10.2 Å². The summed E-state index contributed by atoms with van der Waals surface area (Å²) in [6, 6.07) is 0. The first-order valence-electron chi connectivity index (χ1n) is 9.95. The number of nitrogens with zero attached hydrogens (tertiary/aromatic N) is 1. The van der Waals surface area contributed by atoms with Crippen molar-refractivity contribution in [3.8, 4) is 0 Å². The van der Waals surface area contributed by atoms with Gasteiger partial charge in [0.15, 0.2) is 0 Å². The van der Waals surface area contributed by atoms with Gasteiger partial charge in [0.05, 0.1) is 13.2 Å². The molecule has 0 aromatic carbocycles. The monoisotopic (exact) mass is 328 g/mol. The third-order valence-corrected chi connectivity index (χ3v) is 4.64. The minimum Gasteiger partial charge on any atom is -0.381 e. The molecule has 138 valence electrons. The fraction of sp³-hybridized carbons (Fsp3) is 1.00. The summed E-state index contributed by atoms with van der Waals surface area (Å²) in [4.78, 5) is 2.50. The number of hydrogen-bond acceptors (Lipinski definition) is 4. The van der Waals surface area contributed by atoms with Gasteiger partial charge in [0, 0.05) is 26.3 Å². The Labute approximate surface area is 144 Å². The summed E-state index contributed by atoms with van der Waals surface area (Å²) in [6.45, 7) is 13.8. The molecule has 0 aliphatic carbocycles. The normalized spacial score (nSPS) is 16.3. The van der Waals surface area contributed by atoms with Crippen LogP contribution >= 0.6 is 0 Å². The Bertz CT molecular complexity index is 240. The van der Waals surface area contributed by atoms with Crippen molar-refractivity contribution in [2.45, 2.75) is 58.8 Å². The van der Waals surface area contributed by atoms with E-state index in [4.69, 9.17) is 9.47 Å². The van der Waals surface area contributed by atoms with Crippen LogP contribution in [0, 0.1) is 5.92 Å². The van der Waals surface area contributed by atoms with E-state index in [2.05, 4.69) is 24.1 Å². The van der Waals surface area contributed by atoms with Gasteiger partial charge in [-0.25, -0.2) is 0 Å². The van der Waals surface area contributed by atoms with Crippen LogP contribution in [0.1, 0.15) is 58.8 Å². The summed E-state index contributed by atoms with van der Waals surface area (Å²) in [7, 11) is 0. The highest BCUT2D eigenvalue weighted by molar-refractivity contribution is 4.62. The maximum absolute atomic E-state index is 5.80. The molecule has 1 aliphatic rings. The molecule has 4 nitrogen and oxygen atoms in total. The Morgan fingerprint density at radius 1 is 0.957 bits per heavy atom. The van der Waals surface area contributed by atoms with Crippen LogP contribution in [-0.2, 0) is 9.47 Å². The third kappa shape index (κ3) is 11.9. The van der Waals surface area contributed by atoms with Crippen LogP contribution in [0.25, 0.3) is 0 Å². The molecule has 0 aromatic rings. The van der Waals surface area contributed by atoms with E-state index in [1.165, 1.54) is 45.1 Å². The van der Waals surface area contributed by atoms with Gasteiger partial charge in [0.25, 0.3) is 0 Å². The lowest BCUT2D eigenvalue weighted by molar-refractivity contribution is 0.0374. The van der Waals surface area contributed by atoms with E-state index < -0.39 is 0 Å². The van der Waals surface area contributed by atoms with Crippen LogP contribution in [0.5, 0.6) is 0 Å². The van der Waals surface area contributed by atoms with Crippen molar-refractivity contribution in [1.29, 1.82) is 0 Å². The number of ether oxygens (including phenoxy) is 2. The highest BCUT2D eigenvalue weighted by atomic mass is 16.5. The van der Waals surface area contributed by atoms with Crippen LogP contribution in [-0.4, -0.2) is 64.1 Å². The Kier molecular flexibility index (Phi) is 14.0. The summed E-state index contributed by atoms with van der Waals surface area (Å²) < 4.78 is 11.2. The van der Waals surface area contributed by atoms with Gasteiger partial charge in [-0.1, -0.05) is 39.5 Å². The summed E-state index contributed by atoms with van der Waals surface area (Å²) in [5.74, 6) is 0.878. The molecule has 1 aliphatic heterocycles. The zero-order chi connectivity index (χ0) is 16.6. The Hall–Kier alpha value is -0.160. The van der Waals surface area contributed by atoms with E-state index in [-0.39, 0.29) is 0 Å². The second-order valence-corrected chi connectivity index (χ2v) is 6.76. The predicted octanol–water partition coefficient (Wildman–Crippen LogP) is 3.31. The molecule has 4 heteroatoms. The quantitative estimate of drug-likeness (QED) is 0.468.